The van der Waals surface area contributed by atoms with Crippen molar-refractivity contribution in [1.29, 1.82) is 0 Å². The molecule has 1 saturated heterocycles. The van der Waals surface area contributed by atoms with Crippen LogP contribution in [0.4, 0.5) is 10.5 Å². The van der Waals surface area contributed by atoms with Gasteiger partial charge in [0.25, 0.3) is 0 Å². The predicted molar refractivity (Wildman–Crippen MR) is 94.0 cm³/mol. The van der Waals surface area contributed by atoms with Gasteiger partial charge < -0.3 is 15.0 Å². The highest BCUT2D eigenvalue weighted by Crippen LogP contribution is 2.26. The number of sulfone groups is 1. The van der Waals surface area contributed by atoms with Gasteiger partial charge in [-0.2, -0.15) is 0 Å². The molecule has 24 heavy (non-hydrogen) atoms. The summed E-state index contributed by atoms with van der Waals surface area (Å²) in [4.78, 5) is 14.0. The smallest absolute Gasteiger partial charge is 0.410 e. The highest BCUT2D eigenvalue weighted by atomic mass is 32.2. The molecule has 7 heteroatoms. The number of hydrogen-bond acceptors (Lipinski definition) is 5. The van der Waals surface area contributed by atoms with Gasteiger partial charge in [0.2, 0.25) is 0 Å². The maximum atomic E-state index is 12.8. The summed E-state index contributed by atoms with van der Waals surface area (Å²) >= 11 is 0. The minimum absolute atomic E-state index is 0.324. The van der Waals surface area contributed by atoms with Gasteiger partial charge in [0.1, 0.15) is 5.60 Å². The highest BCUT2D eigenvalue weighted by molar-refractivity contribution is 7.92. The fraction of sp³-hybridized carbons (Fsp3) is 0.588. The van der Waals surface area contributed by atoms with Crippen LogP contribution in [0.15, 0.2) is 29.2 Å². The van der Waals surface area contributed by atoms with E-state index in [1.807, 2.05) is 26.8 Å². The maximum absolute atomic E-state index is 12.8. The first-order valence-electron chi connectivity index (χ1n) is 8.13. The second-order valence-electron chi connectivity index (χ2n) is 6.99. The van der Waals surface area contributed by atoms with E-state index in [0.717, 1.165) is 5.69 Å². The molecule has 0 aromatic heterocycles. The summed E-state index contributed by atoms with van der Waals surface area (Å²) in [5.41, 5.74) is 0.218. The zero-order valence-electron chi connectivity index (χ0n) is 14.7. The molecule has 0 aliphatic carbocycles. The molecule has 0 spiro atoms. The largest absolute Gasteiger partial charge is 0.444 e. The third-order valence-electron chi connectivity index (χ3n) is 3.98. The van der Waals surface area contributed by atoms with Gasteiger partial charge >= 0.3 is 6.09 Å². The molecule has 1 amide bonds. The molecule has 1 fully saturated rings. The number of amides is 1. The quantitative estimate of drug-likeness (QED) is 0.903. The number of piperidine rings is 1. The number of hydrogen-bond donors (Lipinski definition) is 1. The first kappa shape index (κ1) is 18.6. The second kappa shape index (κ2) is 7.01. The summed E-state index contributed by atoms with van der Waals surface area (Å²) in [5, 5.41) is 2.48. The molecule has 1 aromatic carbocycles. The Bertz CT molecular complexity index is 687. The van der Waals surface area contributed by atoms with Crippen molar-refractivity contribution in [2.24, 2.45) is 0 Å². The molecule has 1 N–H and O–H groups in total. The van der Waals surface area contributed by atoms with Crippen molar-refractivity contribution in [2.75, 3.05) is 25.5 Å². The van der Waals surface area contributed by atoms with Crippen LogP contribution in [0, 0.1) is 0 Å². The van der Waals surface area contributed by atoms with Crippen LogP contribution in [-0.4, -0.2) is 50.4 Å². The van der Waals surface area contributed by atoms with E-state index in [1.54, 1.807) is 30.1 Å². The Labute approximate surface area is 144 Å². The zero-order valence-corrected chi connectivity index (χ0v) is 15.5. The van der Waals surface area contributed by atoms with Crippen molar-refractivity contribution in [3.63, 3.8) is 0 Å². The van der Waals surface area contributed by atoms with Gasteiger partial charge in [-0.3, -0.25) is 0 Å². The lowest BCUT2D eigenvalue weighted by Gasteiger charge is -2.33. The normalized spacial score (nSPS) is 16.8. The van der Waals surface area contributed by atoms with E-state index in [9.17, 15) is 13.2 Å². The van der Waals surface area contributed by atoms with E-state index >= 15 is 0 Å². The average Bonchev–Trinajstić information content (AvgIpc) is 2.53. The summed E-state index contributed by atoms with van der Waals surface area (Å²) in [6.07, 6.45) is 0.465. The standard InChI is InChI=1S/C17H26N2O4S/c1-17(2,3)23-16(20)19-10-8-14(9-11-19)24(21,22)15-7-5-6-13(12-15)18-4/h5-7,12,14,18H,8-11H2,1-4H3. The zero-order chi connectivity index (χ0) is 18.0. The number of nitrogens with zero attached hydrogens (tertiary/aromatic N) is 1. The molecular formula is C17H26N2O4S. The minimum atomic E-state index is -3.40. The summed E-state index contributed by atoms with van der Waals surface area (Å²) in [5.74, 6) is 0. The second-order valence-corrected chi connectivity index (χ2v) is 9.22. The van der Waals surface area contributed by atoms with E-state index < -0.39 is 20.7 Å². The lowest BCUT2D eigenvalue weighted by Crippen LogP contribution is -2.44. The van der Waals surface area contributed by atoms with Gasteiger partial charge in [-0.05, 0) is 51.8 Å². The van der Waals surface area contributed by atoms with Crippen molar-refractivity contribution < 1.29 is 17.9 Å². The van der Waals surface area contributed by atoms with Crippen LogP contribution in [0.2, 0.25) is 0 Å². The number of nitrogens with one attached hydrogen (secondary N) is 1. The monoisotopic (exact) mass is 354 g/mol. The van der Waals surface area contributed by atoms with Crippen LogP contribution < -0.4 is 5.32 Å². The topological polar surface area (TPSA) is 75.7 Å². The number of benzene rings is 1. The third-order valence-corrected chi connectivity index (χ3v) is 6.24. The molecule has 1 heterocycles. The SMILES string of the molecule is CNc1cccc(S(=O)(=O)C2CCN(C(=O)OC(C)(C)C)CC2)c1. The van der Waals surface area contributed by atoms with Crippen LogP contribution >= 0.6 is 0 Å². The van der Waals surface area contributed by atoms with Crippen LogP contribution in [-0.2, 0) is 14.6 Å². The Morgan fingerprint density at radius 3 is 2.42 bits per heavy atom. The lowest BCUT2D eigenvalue weighted by atomic mass is 10.1. The van der Waals surface area contributed by atoms with Gasteiger partial charge in [-0.25, -0.2) is 13.2 Å². The molecule has 2 rings (SSSR count). The molecule has 0 saturated carbocycles. The van der Waals surface area contributed by atoms with Crippen molar-refractivity contribution in [3.05, 3.63) is 24.3 Å². The van der Waals surface area contributed by atoms with Crippen molar-refractivity contribution in [2.45, 2.75) is 49.4 Å². The number of carbonyl (C=O) groups excluding carboxylic acids is 1. The summed E-state index contributed by atoms with van der Waals surface area (Å²) < 4.78 is 30.9. The third kappa shape index (κ3) is 4.41. The van der Waals surface area contributed by atoms with Crippen LogP contribution in [0.25, 0.3) is 0 Å². The van der Waals surface area contributed by atoms with Crippen LogP contribution in [0.5, 0.6) is 0 Å². The van der Waals surface area contributed by atoms with E-state index in [0.29, 0.717) is 30.8 Å². The number of carbonyl (C=O) groups is 1. The molecular weight excluding hydrogens is 328 g/mol. The fourth-order valence-electron chi connectivity index (χ4n) is 2.70. The molecule has 0 bridgehead atoms. The van der Waals surface area contributed by atoms with Crippen molar-refractivity contribution in [1.82, 2.24) is 4.90 Å². The molecule has 0 atom stereocenters. The van der Waals surface area contributed by atoms with Crippen LogP contribution in [0.3, 0.4) is 0 Å². The number of rotatable bonds is 3. The first-order chi connectivity index (χ1) is 11.1. The Morgan fingerprint density at radius 1 is 1.25 bits per heavy atom. The summed E-state index contributed by atoms with van der Waals surface area (Å²) in [6.45, 7) is 6.24. The lowest BCUT2D eigenvalue weighted by molar-refractivity contribution is 0.0217. The molecule has 0 unspecified atom stereocenters. The summed E-state index contributed by atoms with van der Waals surface area (Å²) in [6, 6.07) is 6.82. The number of likely N-dealkylation sites (tertiary alicyclic amines) is 1. The molecule has 1 aliphatic rings. The Morgan fingerprint density at radius 2 is 1.88 bits per heavy atom. The Balaban J connectivity index is 2.04. The van der Waals surface area contributed by atoms with Gasteiger partial charge in [0.15, 0.2) is 9.84 Å². The van der Waals surface area contributed by atoms with E-state index in [1.165, 1.54) is 0 Å². The fourth-order valence-corrected chi connectivity index (χ4v) is 4.47. The maximum Gasteiger partial charge on any atom is 0.410 e. The van der Waals surface area contributed by atoms with Crippen molar-refractivity contribution >= 4 is 21.6 Å². The minimum Gasteiger partial charge on any atom is -0.444 e. The number of ether oxygens (including phenoxy) is 1. The molecule has 0 radical (unpaired) electrons. The summed E-state index contributed by atoms with van der Waals surface area (Å²) in [7, 11) is -1.64. The van der Waals surface area contributed by atoms with Gasteiger partial charge in [0, 0.05) is 25.8 Å². The van der Waals surface area contributed by atoms with Crippen LogP contribution in [0.1, 0.15) is 33.6 Å². The van der Waals surface area contributed by atoms with Gasteiger partial charge in [-0.1, -0.05) is 6.07 Å². The van der Waals surface area contributed by atoms with Gasteiger partial charge in [0.05, 0.1) is 10.1 Å². The highest BCUT2D eigenvalue weighted by Gasteiger charge is 2.34. The first-order valence-corrected chi connectivity index (χ1v) is 9.68. The van der Waals surface area contributed by atoms with E-state index in [2.05, 4.69) is 5.32 Å². The van der Waals surface area contributed by atoms with E-state index in [-0.39, 0.29) is 6.09 Å². The number of anilines is 1. The van der Waals surface area contributed by atoms with Gasteiger partial charge in [-0.15, -0.1) is 0 Å². The molecule has 1 aliphatic heterocycles. The molecule has 134 valence electrons. The van der Waals surface area contributed by atoms with Crippen molar-refractivity contribution in [3.8, 4) is 0 Å². The van der Waals surface area contributed by atoms with E-state index in [4.69, 9.17) is 4.74 Å². The molecule has 6 nitrogen and oxygen atoms in total. The Kier molecular flexibility index (Phi) is 5.42. The average molecular weight is 354 g/mol. The predicted octanol–water partition coefficient (Wildman–Crippen LogP) is 2.90. The Hall–Kier alpha value is -1.76. The molecule has 1 aromatic rings.